The number of carboxylic acids is 1. The molecule has 1 aliphatic rings. The van der Waals surface area contributed by atoms with Crippen LogP contribution in [0.1, 0.15) is 43.5 Å². The number of anilines is 1. The molecule has 0 saturated carbocycles. The van der Waals surface area contributed by atoms with Crippen molar-refractivity contribution in [1.82, 2.24) is 4.90 Å². The number of carbonyl (C=O) groups excluding carboxylic acids is 2. The van der Waals surface area contributed by atoms with E-state index in [9.17, 15) is 14.4 Å². The normalized spacial score (nSPS) is 20.2. The first-order valence-electron chi connectivity index (χ1n) is 8.36. The summed E-state index contributed by atoms with van der Waals surface area (Å²) in [6.45, 7) is 5.56. The van der Waals surface area contributed by atoms with Crippen molar-refractivity contribution in [3.8, 4) is 0 Å². The number of likely N-dealkylation sites (tertiary alicyclic amines) is 1. The molecule has 0 spiro atoms. The van der Waals surface area contributed by atoms with Gasteiger partial charge in [-0.1, -0.05) is 25.4 Å². The Morgan fingerprint density at radius 2 is 1.84 bits per heavy atom. The van der Waals surface area contributed by atoms with E-state index in [1.54, 1.807) is 23.1 Å². The van der Waals surface area contributed by atoms with Crippen LogP contribution in [0, 0.1) is 11.8 Å². The number of benzene rings is 1. The highest BCUT2D eigenvalue weighted by molar-refractivity contribution is 6.31. The van der Waals surface area contributed by atoms with E-state index in [4.69, 9.17) is 16.7 Å². The third kappa shape index (κ3) is 5.46. The Labute approximate surface area is 152 Å². The molecule has 0 aromatic heterocycles. The fourth-order valence-electron chi connectivity index (χ4n) is 3.23. The molecule has 1 aromatic rings. The van der Waals surface area contributed by atoms with Gasteiger partial charge in [-0.3, -0.25) is 14.4 Å². The first kappa shape index (κ1) is 19.2. The number of aliphatic carboxylic acids is 1. The molecule has 2 amide bonds. The molecule has 6 nitrogen and oxygen atoms in total. The van der Waals surface area contributed by atoms with E-state index in [-0.39, 0.29) is 18.7 Å². The first-order valence-corrected chi connectivity index (χ1v) is 8.74. The molecule has 0 unspecified atom stereocenters. The van der Waals surface area contributed by atoms with Gasteiger partial charge in [-0.05, 0) is 36.5 Å². The molecule has 1 fully saturated rings. The highest BCUT2D eigenvalue weighted by Gasteiger charge is 2.27. The van der Waals surface area contributed by atoms with Gasteiger partial charge in [-0.15, -0.1) is 0 Å². The SMILES string of the molecule is C[C@@H]1C[C@H](C)CN(C(=O)c2cc(Cl)ccc2NC(=O)CCC(=O)O)C1. The number of halogens is 1. The predicted octanol–water partition coefficient (Wildman–Crippen LogP) is 3.26. The molecule has 7 heteroatoms. The molecule has 0 aliphatic carbocycles. The lowest BCUT2D eigenvalue weighted by atomic mass is 9.91. The summed E-state index contributed by atoms with van der Waals surface area (Å²) in [7, 11) is 0. The second-order valence-corrected chi connectivity index (χ2v) is 7.22. The van der Waals surface area contributed by atoms with Gasteiger partial charge in [-0.2, -0.15) is 0 Å². The third-order valence-corrected chi connectivity index (χ3v) is 4.44. The Morgan fingerprint density at radius 3 is 2.44 bits per heavy atom. The highest BCUT2D eigenvalue weighted by atomic mass is 35.5. The largest absolute Gasteiger partial charge is 0.481 e. The van der Waals surface area contributed by atoms with Crippen molar-refractivity contribution in [3.63, 3.8) is 0 Å². The molecule has 2 N–H and O–H groups in total. The number of nitrogens with zero attached hydrogens (tertiary/aromatic N) is 1. The molecular formula is C18H23ClN2O4. The molecule has 2 atom stereocenters. The zero-order valence-electron chi connectivity index (χ0n) is 14.4. The highest BCUT2D eigenvalue weighted by Crippen LogP contribution is 2.27. The first-order chi connectivity index (χ1) is 11.8. The molecule has 1 aromatic carbocycles. The maximum absolute atomic E-state index is 12.9. The van der Waals surface area contributed by atoms with E-state index < -0.39 is 11.9 Å². The van der Waals surface area contributed by atoms with Crippen LogP contribution >= 0.6 is 11.6 Å². The Hall–Kier alpha value is -2.08. The molecule has 25 heavy (non-hydrogen) atoms. The zero-order valence-corrected chi connectivity index (χ0v) is 15.2. The molecular weight excluding hydrogens is 344 g/mol. The number of amides is 2. The van der Waals surface area contributed by atoms with Crippen LogP contribution in [0.25, 0.3) is 0 Å². The van der Waals surface area contributed by atoms with Crippen LogP contribution in [0.5, 0.6) is 0 Å². The van der Waals surface area contributed by atoms with E-state index in [0.717, 1.165) is 6.42 Å². The summed E-state index contributed by atoms with van der Waals surface area (Å²) in [5, 5.41) is 11.7. The van der Waals surface area contributed by atoms with Gasteiger partial charge in [0.25, 0.3) is 5.91 Å². The second kappa shape index (κ2) is 8.34. The van der Waals surface area contributed by atoms with E-state index in [1.807, 2.05) is 0 Å². The van der Waals surface area contributed by atoms with Crippen LogP contribution in [0.15, 0.2) is 18.2 Å². The molecule has 136 valence electrons. The number of carboxylic acid groups (broad SMARTS) is 1. The van der Waals surface area contributed by atoms with E-state index in [1.165, 1.54) is 0 Å². The molecule has 1 aliphatic heterocycles. The summed E-state index contributed by atoms with van der Waals surface area (Å²) in [6, 6.07) is 4.71. The molecule has 1 saturated heterocycles. The second-order valence-electron chi connectivity index (χ2n) is 6.79. The average Bonchev–Trinajstić information content (AvgIpc) is 2.53. The van der Waals surface area contributed by atoms with Crippen molar-refractivity contribution in [2.45, 2.75) is 33.1 Å². The molecule has 0 radical (unpaired) electrons. The van der Waals surface area contributed by atoms with Gasteiger partial charge < -0.3 is 15.3 Å². The van der Waals surface area contributed by atoms with Crippen molar-refractivity contribution in [3.05, 3.63) is 28.8 Å². The third-order valence-electron chi connectivity index (χ3n) is 4.21. The minimum atomic E-state index is -1.04. The van der Waals surface area contributed by atoms with Gasteiger partial charge in [0.15, 0.2) is 0 Å². The van der Waals surface area contributed by atoms with Crippen LogP contribution < -0.4 is 5.32 Å². The quantitative estimate of drug-likeness (QED) is 0.837. The zero-order chi connectivity index (χ0) is 18.6. The minimum absolute atomic E-state index is 0.149. The monoisotopic (exact) mass is 366 g/mol. The lowest BCUT2D eigenvalue weighted by molar-refractivity contribution is -0.138. The summed E-state index contributed by atoms with van der Waals surface area (Å²) >= 11 is 6.04. The van der Waals surface area contributed by atoms with Gasteiger partial charge in [0.1, 0.15) is 0 Å². The minimum Gasteiger partial charge on any atom is -0.481 e. The topological polar surface area (TPSA) is 86.7 Å². The summed E-state index contributed by atoms with van der Waals surface area (Å²) in [5.74, 6) is -0.826. The Bertz CT molecular complexity index is 667. The smallest absolute Gasteiger partial charge is 0.303 e. The van der Waals surface area contributed by atoms with Crippen LogP contribution in [0.2, 0.25) is 5.02 Å². The number of nitrogens with one attached hydrogen (secondary N) is 1. The van der Waals surface area contributed by atoms with Crippen molar-refractivity contribution in [1.29, 1.82) is 0 Å². The maximum atomic E-state index is 12.9. The lowest BCUT2D eigenvalue weighted by Gasteiger charge is -2.35. The molecule has 1 heterocycles. The summed E-state index contributed by atoms with van der Waals surface area (Å²) in [5.41, 5.74) is 0.688. The van der Waals surface area contributed by atoms with Crippen LogP contribution in [0.4, 0.5) is 5.69 Å². The maximum Gasteiger partial charge on any atom is 0.303 e. The van der Waals surface area contributed by atoms with Crippen molar-refractivity contribution >= 4 is 35.1 Å². The summed E-state index contributed by atoms with van der Waals surface area (Å²) in [4.78, 5) is 37.2. The van der Waals surface area contributed by atoms with Gasteiger partial charge in [0.05, 0.1) is 17.7 Å². The predicted molar refractivity (Wildman–Crippen MR) is 95.8 cm³/mol. The number of hydrogen-bond donors (Lipinski definition) is 2. The fourth-order valence-corrected chi connectivity index (χ4v) is 3.41. The van der Waals surface area contributed by atoms with Crippen molar-refractivity contribution in [2.75, 3.05) is 18.4 Å². The van der Waals surface area contributed by atoms with E-state index in [0.29, 0.717) is 41.2 Å². The number of carbonyl (C=O) groups is 3. The number of rotatable bonds is 5. The van der Waals surface area contributed by atoms with Gasteiger partial charge in [-0.25, -0.2) is 0 Å². The van der Waals surface area contributed by atoms with Gasteiger partial charge in [0.2, 0.25) is 5.91 Å². The van der Waals surface area contributed by atoms with Crippen LogP contribution in [-0.2, 0) is 9.59 Å². The van der Waals surface area contributed by atoms with E-state index in [2.05, 4.69) is 19.2 Å². The number of hydrogen-bond acceptors (Lipinski definition) is 3. The Balaban J connectivity index is 2.18. The summed E-state index contributed by atoms with van der Waals surface area (Å²) < 4.78 is 0. The Morgan fingerprint density at radius 1 is 1.20 bits per heavy atom. The average molecular weight is 367 g/mol. The molecule has 0 bridgehead atoms. The Kier molecular flexibility index (Phi) is 6.42. The standard InChI is InChI=1S/C18H23ClN2O4/c1-11-7-12(2)10-21(9-11)18(25)14-8-13(19)3-4-15(14)20-16(22)5-6-17(23)24/h3-4,8,11-12H,5-7,9-10H2,1-2H3,(H,20,22)(H,23,24)/t11-,12+. The summed E-state index contributed by atoms with van der Waals surface area (Å²) in [6.07, 6.45) is 0.672. The van der Waals surface area contributed by atoms with Gasteiger partial charge in [0, 0.05) is 24.5 Å². The van der Waals surface area contributed by atoms with Crippen molar-refractivity contribution < 1.29 is 19.5 Å². The van der Waals surface area contributed by atoms with Crippen LogP contribution in [-0.4, -0.2) is 40.9 Å². The lowest BCUT2D eigenvalue weighted by Crippen LogP contribution is -2.42. The van der Waals surface area contributed by atoms with Crippen molar-refractivity contribution in [2.24, 2.45) is 11.8 Å². The van der Waals surface area contributed by atoms with Crippen LogP contribution in [0.3, 0.4) is 0 Å². The fraction of sp³-hybridized carbons (Fsp3) is 0.500. The van der Waals surface area contributed by atoms with E-state index >= 15 is 0 Å². The molecule has 2 rings (SSSR count). The van der Waals surface area contributed by atoms with Gasteiger partial charge >= 0.3 is 5.97 Å². The number of piperidine rings is 1.